The van der Waals surface area contributed by atoms with Crippen LogP contribution in [-0.4, -0.2) is 18.0 Å². The molecule has 156 valence electrons. The molecule has 0 amide bonds. The Hall–Kier alpha value is -2.63. The zero-order valence-corrected chi connectivity index (χ0v) is 18.5. The number of rotatable bonds is 5. The van der Waals surface area contributed by atoms with Crippen LogP contribution in [0.3, 0.4) is 0 Å². The summed E-state index contributed by atoms with van der Waals surface area (Å²) in [6.07, 6.45) is 6.20. The van der Waals surface area contributed by atoms with Crippen molar-refractivity contribution in [2.24, 2.45) is 16.5 Å². The molecule has 0 fully saturated rings. The summed E-state index contributed by atoms with van der Waals surface area (Å²) in [6, 6.07) is 9.73. The van der Waals surface area contributed by atoms with Crippen molar-refractivity contribution in [2.45, 2.75) is 32.2 Å². The molecule has 5 nitrogen and oxygen atoms in total. The lowest BCUT2D eigenvalue weighted by molar-refractivity contribution is 0.673. The second-order valence-electron chi connectivity index (χ2n) is 8.03. The Bertz CT molecular complexity index is 1100. The van der Waals surface area contributed by atoms with Crippen molar-refractivity contribution >= 4 is 51.8 Å². The van der Waals surface area contributed by atoms with Crippen LogP contribution in [0.2, 0.25) is 10.0 Å². The normalized spacial score (nSPS) is 19.2. The van der Waals surface area contributed by atoms with Gasteiger partial charge in [0.1, 0.15) is 0 Å². The molecule has 0 bridgehead atoms. The van der Waals surface area contributed by atoms with Gasteiger partial charge in [-0.25, -0.2) is 0 Å². The molecule has 7 heteroatoms. The number of halogens is 2. The fourth-order valence-electron chi connectivity index (χ4n) is 4.07. The van der Waals surface area contributed by atoms with Crippen LogP contribution in [0.15, 0.2) is 53.0 Å². The molecule has 0 saturated heterocycles. The van der Waals surface area contributed by atoms with E-state index in [1.54, 1.807) is 6.07 Å². The molecule has 2 aromatic rings. The largest absolute Gasteiger partial charge is 0.375 e. The lowest BCUT2D eigenvalue weighted by Gasteiger charge is -2.29. The summed E-state index contributed by atoms with van der Waals surface area (Å²) in [5, 5.41) is 8.37. The van der Waals surface area contributed by atoms with E-state index in [9.17, 15) is 0 Å². The van der Waals surface area contributed by atoms with E-state index in [1.165, 1.54) is 16.7 Å². The number of fused-ring (bicyclic) bond motifs is 3. The Morgan fingerprint density at radius 3 is 2.77 bits per heavy atom. The smallest absolute Gasteiger partial charge is 0.185 e. The van der Waals surface area contributed by atoms with Crippen LogP contribution in [0, 0.1) is 0 Å². The molecule has 4 rings (SSSR count). The van der Waals surface area contributed by atoms with Crippen LogP contribution in [0.5, 0.6) is 0 Å². The molecule has 2 aliphatic rings. The van der Waals surface area contributed by atoms with Crippen LogP contribution in [0.25, 0.3) is 5.57 Å². The summed E-state index contributed by atoms with van der Waals surface area (Å²) < 4.78 is 0. The zero-order chi connectivity index (χ0) is 21.5. The van der Waals surface area contributed by atoms with Crippen LogP contribution < -0.4 is 22.1 Å². The average molecular weight is 442 g/mol. The maximum absolute atomic E-state index is 6.38. The van der Waals surface area contributed by atoms with Gasteiger partial charge in [0, 0.05) is 28.5 Å². The molecule has 6 N–H and O–H groups in total. The van der Waals surface area contributed by atoms with Crippen molar-refractivity contribution in [1.29, 1.82) is 0 Å². The summed E-state index contributed by atoms with van der Waals surface area (Å²) in [5.74, 6) is 0.102. The summed E-state index contributed by atoms with van der Waals surface area (Å²) >= 11 is 12.4. The first-order valence-electron chi connectivity index (χ1n) is 9.87. The maximum atomic E-state index is 6.38. The Labute approximate surface area is 186 Å². The van der Waals surface area contributed by atoms with Gasteiger partial charge in [0.15, 0.2) is 5.96 Å². The number of anilines is 3. The molecule has 1 aliphatic heterocycles. The van der Waals surface area contributed by atoms with Gasteiger partial charge < -0.3 is 22.1 Å². The average Bonchev–Trinajstić information content (AvgIpc) is 2.96. The molecular weight excluding hydrogens is 417 g/mol. The number of guanidine groups is 1. The molecule has 0 saturated carbocycles. The second-order valence-corrected chi connectivity index (χ2v) is 8.87. The predicted molar refractivity (Wildman–Crippen MR) is 129 cm³/mol. The van der Waals surface area contributed by atoms with E-state index in [4.69, 9.17) is 34.7 Å². The van der Waals surface area contributed by atoms with Crippen molar-refractivity contribution in [2.75, 3.05) is 17.2 Å². The van der Waals surface area contributed by atoms with Gasteiger partial charge in [-0.05, 0) is 68.2 Å². The van der Waals surface area contributed by atoms with Gasteiger partial charge in [-0.15, -0.1) is 0 Å². The third-order valence-electron chi connectivity index (χ3n) is 5.60. The molecule has 30 heavy (non-hydrogen) atoms. The highest BCUT2D eigenvalue weighted by molar-refractivity contribution is 6.36. The van der Waals surface area contributed by atoms with Gasteiger partial charge >= 0.3 is 0 Å². The molecule has 1 unspecified atom stereocenters. The Balaban J connectivity index is 1.77. The minimum atomic E-state index is -0.122. The first-order valence-corrected chi connectivity index (χ1v) is 10.6. The molecule has 0 spiro atoms. The number of allylic oxidation sites excluding steroid dienone is 2. The van der Waals surface area contributed by atoms with Gasteiger partial charge in [0.2, 0.25) is 0 Å². The third-order valence-corrected chi connectivity index (χ3v) is 6.14. The standard InChI is InChI=1S/C23H25Cl2N5/c1-13-5-7-23(2)18(9-13)17-12-16(29-20-4-3-15(24)11-19(20)25)10-14(21(17)30-23)6-8-28-22(26)27/h3-5,9-12,29-30H,6-8H2,1-2H3,(H4,26,27,28). The van der Waals surface area contributed by atoms with Crippen molar-refractivity contribution in [3.8, 4) is 0 Å². The highest BCUT2D eigenvalue weighted by Gasteiger charge is 2.39. The van der Waals surface area contributed by atoms with Crippen molar-refractivity contribution < 1.29 is 0 Å². The number of hydrogen-bond acceptors (Lipinski definition) is 3. The Morgan fingerprint density at radius 2 is 2.03 bits per heavy atom. The minimum Gasteiger partial charge on any atom is -0.375 e. The molecular formula is C23H25Cl2N5. The second kappa shape index (κ2) is 7.89. The van der Waals surface area contributed by atoms with Gasteiger partial charge in [0.25, 0.3) is 0 Å². The van der Waals surface area contributed by atoms with Gasteiger partial charge in [-0.2, -0.15) is 0 Å². The van der Waals surface area contributed by atoms with Gasteiger partial charge in [0.05, 0.1) is 16.2 Å². The Kier molecular flexibility index (Phi) is 5.43. The van der Waals surface area contributed by atoms with E-state index in [-0.39, 0.29) is 11.5 Å². The van der Waals surface area contributed by atoms with Crippen LogP contribution >= 0.6 is 23.2 Å². The SMILES string of the molecule is CC1=CCC2(C)Nc3c(CCN=C(N)N)cc(Nc4ccc(Cl)cc4Cl)cc3C2=C1. The van der Waals surface area contributed by atoms with E-state index in [0.29, 0.717) is 23.0 Å². The Morgan fingerprint density at radius 1 is 1.23 bits per heavy atom. The first-order chi connectivity index (χ1) is 14.2. The van der Waals surface area contributed by atoms with Crippen LogP contribution in [0.4, 0.5) is 17.1 Å². The zero-order valence-electron chi connectivity index (χ0n) is 17.0. The summed E-state index contributed by atoms with van der Waals surface area (Å²) in [6.45, 7) is 4.90. The molecule has 1 aliphatic carbocycles. The number of nitrogens with two attached hydrogens (primary N) is 2. The lowest BCUT2D eigenvalue weighted by atomic mass is 9.82. The predicted octanol–water partition coefficient (Wildman–Crippen LogP) is 5.47. The highest BCUT2D eigenvalue weighted by atomic mass is 35.5. The fourth-order valence-corrected chi connectivity index (χ4v) is 4.53. The van der Waals surface area contributed by atoms with Crippen molar-refractivity contribution in [3.05, 3.63) is 69.2 Å². The summed E-state index contributed by atoms with van der Waals surface area (Å²) in [7, 11) is 0. The number of hydrogen-bond donors (Lipinski definition) is 4. The van der Waals surface area contributed by atoms with E-state index in [2.05, 4.69) is 53.8 Å². The summed E-state index contributed by atoms with van der Waals surface area (Å²) in [5.41, 5.74) is 18.7. The van der Waals surface area contributed by atoms with Crippen LogP contribution in [0.1, 0.15) is 31.4 Å². The topological polar surface area (TPSA) is 88.5 Å². The fraction of sp³-hybridized carbons (Fsp3) is 0.261. The van der Waals surface area contributed by atoms with Crippen LogP contribution in [-0.2, 0) is 6.42 Å². The monoisotopic (exact) mass is 441 g/mol. The lowest BCUT2D eigenvalue weighted by Crippen LogP contribution is -2.32. The maximum Gasteiger partial charge on any atom is 0.185 e. The minimum absolute atomic E-state index is 0.102. The highest BCUT2D eigenvalue weighted by Crippen LogP contribution is 2.49. The van der Waals surface area contributed by atoms with Gasteiger partial charge in [-0.3, -0.25) is 4.99 Å². The summed E-state index contributed by atoms with van der Waals surface area (Å²) in [4.78, 5) is 4.17. The van der Waals surface area contributed by atoms with E-state index >= 15 is 0 Å². The molecule has 0 radical (unpaired) electrons. The van der Waals surface area contributed by atoms with E-state index < -0.39 is 0 Å². The number of nitrogens with one attached hydrogen (secondary N) is 2. The molecule has 2 aromatic carbocycles. The first kappa shape index (κ1) is 20.6. The third kappa shape index (κ3) is 4.00. The molecule has 1 heterocycles. The van der Waals surface area contributed by atoms with E-state index in [1.807, 2.05) is 12.1 Å². The van der Waals surface area contributed by atoms with Crippen molar-refractivity contribution in [1.82, 2.24) is 0 Å². The van der Waals surface area contributed by atoms with Crippen molar-refractivity contribution in [3.63, 3.8) is 0 Å². The number of aliphatic imine (C=N–C) groups is 1. The van der Waals surface area contributed by atoms with Gasteiger partial charge in [-0.1, -0.05) is 40.9 Å². The molecule has 1 atom stereocenters. The quantitative estimate of drug-likeness (QED) is 0.365. The number of nitrogens with zero attached hydrogens (tertiary/aromatic N) is 1. The molecule has 0 aromatic heterocycles. The van der Waals surface area contributed by atoms with E-state index in [0.717, 1.165) is 29.0 Å². The number of benzene rings is 2.